The fourth-order valence-electron chi connectivity index (χ4n) is 0.698. The summed E-state index contributed by atoms with van der Waals surface area (Å²) in [4.78, 5) is 11.2. The molecule has 1 heterocycles. The minimum atomic E-state index is 0.0752. The molecular weight excluding hydrogens is 178 g/mol. The summed E-state index contributed by atoms with van der Waals surface area (Å²) in [5, 5.41) is 2.53. The third-order valence-corrected chi connectivity index (χ3v) is 2.71. The molecule has 0 radical (unpaired) electrons. The summed E-state index contributed by atoms with van der Waals surface area (Å²) in [6.45, 7) is 1.95. The zero-order valence-corrected chi connectivity index (χ0v) is 7.80. The molecule has 0 fully saturated rings. The highest BCUT2D eigenvalue weighted by atomic mass is 32.2. The highest BCUT2D eigenvalue weighted by molar-refractivity contribution is 8.14. The highest BCUT2D eigenvalue weighted by Gasteiger charge is 2.09. The molecule has 0 atom stereocenters. The number of thiophene rings is 1. The molecule has 0 aromatic carbocycles. The van der Waals surface area contributed by atoms with Crippen LogP contribution in [0.4, 0.5) is 5.00 Å². The normalized spacial score (nSPS) is 9.91. The molecule has 0 aliphatic rings. The van der Waals surface area contributed by atoms with Crippen molar-refractivity contribution in [2.45, 2.75) is 6.92 Å². The molecule has 0 aliphatic carbocycles. The van der Waals surface area contributed by atoms with Crippen LogP contribution in [0.3, 0.4) is 0 Å². The lowest BCUT2D eigenvalue weighted by Gasteiger charge is -1.94. The topological polar surface area (TPSA) is 43.1 Å². The average Bonchev–Trinajstić information content (AvgIpc) is 2.36. The SMILES string of the molecule is CCSC(=O)c1ccsc1N. The van der Waals surface area contributed by atoms with E-state index in [4.69, 9.17) is 5.73 Å². The van der Waals surface area contributed by atoms with E-state index in [2.05, 4.69) is 0 Å². The first-order chi connectivity index (χ1) is 5.25. The Kier molecular flexibility index (Phi) is 2.96. The lowest BCUT2D eigenvalue weighted by Crippen LogP contribution is -1.95. The van der Waals surface area contributed by atoms with Gasteiger partial charge in [0.1, 0.15) is 0 Å². The maximum absolute atomic E-state index is 11.2. The van der Waals surface area contributed by atoms with Crippen LogP contribution in [-0.2, 0) is 0 Å². The van der Waals surface area contributed by atoms with Crippen molar-refractivity contribution in [3.63, 3.8) is 0 Å². The summed E-state index contributed by atoms with van der Waals surface area (Å²) >= 11 is 2.69. The van der Waals surface area contributed by atoms with E-state index in [0.717, 1.165) is 5.75 Å². The number of hydrogen-bond acceptors (Lipinski definition) is 4. The lowest BCUT2D eigenvalue weighted by molar-refractivity contribution is 0.109. The van der Waals surface area contributed by atoms with Gasteiger partial charge in [-0.2, -0.15) is 0 Å². The van der Waals surface area contributed by atoms with Crippen LogP contribution in [0.5, 0.6) is 0 Å². The molecule has 1 aromatic heterocycles. The largest absolute Gasteiger partial charge is 0.390 e. The van der Waals surface area contributed by atoms with Crippen molar-refractivity contribution in [2.75, 3.05) is 11.5 Å². The molecule has 11 heavy (non-hydrogen) atoms. The number of carbonyl (C=O) groups excluding carboxylic acids is 1. The molecule has 0 spiro atoms. The van der Waals surface area contributed by atoms with Crippen LogP contribution >= 0.6 is 23.1 Å². The summed E-state index contributed by atoms with van der Waals surface area (Å²) in [6.07, 6.45) is 0. The van der Waals surface area contributed by atoms with Gasteiger partial charge in [0, 0.05) is 0 Å². The Balaban J connectivity index is 2.76. The molecular formula is C7H9NOS2. The minimum Gasteiger partial charge on any atom is -0.390 e. The number of nitrogen functional groups attached to an aromatic ring is 1. The fourth-order valence-corrected chi connectivity index (χ4v) is 2.00. The second kappa shape index (κ2) is 3.78. The zero-order valence-electron chi connectivity index (χ0n) is 6.16. The molecule has 60 valence electrons. The standard InChI is InChI=1S/C7H9NOS2/c1-2-10-7(9)5-3-4-11-6(5)8/h3-4H,2,8H2,1H3. The predicted octanol–water partition coefficient (Wildman–Crippen LogP) is 2.22. The van der Waals surface area contributed by atoms with Crippen LogP contribution < -0.4 is 5.73 Å². The third-order valence-electron chi connectivity index (χ3n) is 1.19. The summed E-state index contributed by atoms with van der Waals surface area (Å²) in [5.74, 6) is 0.800. The van der Waals surface area contributed by atoms with Crippen LogP contribution in [-0.4, -0.2) is 10.9 Å². The molecule has 2 N–H and O–H groups in total. The number of nitrogens with two attached hydrogens (primary N) is 1. The van der Waals surface area contributed by atoms with E-state index in [1.165, 1.54) is 23.1 Å². The maximum Gasteiger partial charge on any atom is 0.222 e. The molecule has 0 saturated heterocycles. The van der Waals surface area contributed by atoms with Crippen molar-refractivity contribution in [2.24, 2.45) is 0 Å². The second-order valence-corrected chi connectivity index (χ2v) is 4.10. The third kappa shape index (κ3) is 1.97. The van der Waals surface area contributed by atoms with Gasteiger partial charge in [-0.25, -0.2) is 0 Å². The Morgan fingerprint density at radius 1 is 1.82 bits per heavy atom. The van der Waals surface area contributed by atoms with E-state index < -0.39 is 0 Å². The van der Waals surface area contributed by atoms with Crippen molar-refractivity contribution >= 4 is 33.2 Å². The Hall–Kier alpha value is -0.480. The van der Waals surface area contributed by atoms with Crippen LogP contribution in [0.25, 0.3) is 0 Å². The van der Waals surface area contributed by atoms with Crippen molar-refractivity contribution in [3.05, 3.63) is 17.0 Å². The Morgan fingerprint density at radius 2 is 2.55 bits per heavy atom. The highest BCUT2D eigenvalue weighted by Crippen LogP contribution is 2.23. The first kappa shape index (κ1) is 8.62. The van der Waals surface area contributed by atoms with Gasteiger partial charge < -0.3 is 5.73 Å². The first-order valence-corrected chi connectivity index (χ1v) is 5.12. The molecule has 0 saturated carbocycles. The molecule has 0 amide bonds. The van der Waals surface area contributed by atoms with Crippen molar-refractivity contribution < 1.29 is 4.79 Å². The van der Waals surface area contributed by atoms with E-state index in [1.807, 2.05) is 12.3 Å². The smallest absolute Gasteiger partial charge is 0.222 e. The summed E-state index contributed by atoms with van der Waals surface area (Å²) in [7, 11) is 0. The van der Waals surface area contributed by atoms with Gasteiger partial charge >= 0.3 is 0 Å². The number of rotatable bonds is 2. The Labute approximate surface area is 73.8 Å². The number of carbonyl (C=O) groups is 1. The van der Waals surface area contributed by atoms with E-state index in [1.54, 1.807) is 6.07 Å². The van der Waals surface area contributed by atoms with Crippen molar-refractivity contribution in [1.82, 2.24) is 0 Å². The number of hydrogen-bond donors (Lipinski definition) is 1. The molecule has 2 nitrogen and oxygen atoms in total. The van der Waals surface area contributed by atoms with Crippen LogP contribution in [0.15, 0.2) is 11.4 Å². The van der Waals surface area contributed by atoms with Gasteiger partial charge in [0.25, 0.3) is 0 Å². The van der Waals surface area contributed by atoms with Crippen LogP contribution in [0.1, 0.15) is 17.3 Å². The number of anilines is 1. The fraction of sp³-hybridized carbons (Fsp3) is 0.286. The van der Waals surface area contributed by atoms with E-state index in [0.29, 0.717) is 10.6 Å². The average molecular weight is 187 g/mol. The van der Waals surface area contributed by atoms with Gasteiger partial charge in [-0.15, -0.1) is 11.3 Å². The molecule has 1 aromatic rings. The first-order valence-electron chi connectivity index (χ1n) is 3.25. The summed E-state index contributed by atoms with van der Waals surface area (Å²) in [5.41, 5.74) is 6.21. The second-order valence-electron chi connectivity index (χ2n) is 1.92. The molecule has 0 unspecified atom stereocenters. The lowest BCUT2D eigenvalue weighted by atomic mass is 10.3. The molecule has 0 bridgehead atoms. The van der Waals surface area contributed by atoms with E-state index >= 15 is 0 Å². The van der Waals surface area contributed by atoms with Gasteiger partial charge in [0.15, 0.2) is 0 Å². The zero-order chi connectivity index (χ0) is 8.27. The van der Waals surface area contributed by atoms with Crippen molar-refractivity contribution in [3.8, 4) is 0 Å². The molecule has 0 aliphatic heterocycles. The van der Waals surface area contributed by atoms with Gasteiger partial charge in [-0.3, -0.25) is 4.79 Å². The predicted molar refractivity (Wildman–Crippen MR) is 51.2 cm³/mol. The maximum atomic E-state index is 11.2. The van der Waals surface area contributed by atoms with Gasteiger partial charge in [0.05, 0.1) is 10.6 Å². The van der Waals surface area contributed by atoms with Crippen molar-refractivity contribution in [1.29, 1.82) is 0 Å². The quantitative estimate of drug-likeness (QED) is 0.772. The molecule has 4 heteroatoms. The van der Waals surface area contributed by atoms with Gasteiger partial charge in [-0.1, -0.05) is 18.7 Å². The molecule has 1 rings (SSSR count). The van der Waals surface area contributed by atoms with E-state index in [9.17, 15) is 4.79 Å². The van der Waals surface area contributed by atoms with E-state index in [-0.39, 0.29) is 5.12 Å². The monoisotopic (exact) mass is 187 g/mol. The van der Waals surface area contributed by atoms with Gasteiger partial charge in [-0.05, 0) is 17.2 Å². The Bertz CT molecular complexity index is 257. The summed E-state index contributed by atoms with van der Waals surface area (Å²) in [6, 6.07) is 1.77. The number of thioether (sulfide) groups is 1. The summed E-state index contributed by atoms with van der Waals surface area (Å²) < 4.78 is 0. The van der Waals surface area contributed by atoms with Crippen LogP contribution in [0, 0.1) is 0 Å². The minimum absolute atomic E-state index is 0.0752. The van der Waals surface area contributed by atoms with Gasteiger partial charge in [0.2, 0.25) is 5.12 Å². The Morgan fingerprint density at radius 3 is 3.00 bits per heavy atom. The van der Waals surface area contributed by atoms with Crippen LogP contribution in [0.2, 0.25) is 0 Å².